The van der Waals surface area contributed by atoms with Crippen LogP contribution >= 0.6 is 0 Å². The smallest absolute Gasteiger partial charge is 0.198 e. The second kappa shape index (κ2) is 4.10. The molecule has 2 aromatic carbocycles. The summed E-state index contributed by atoms with van der Waals surface area (Å²) in [6.45, 7) is 0. The summed E-state index contributed by atoms with van der Waals surface area (Å²) in [6, 6.07) is 10.8. The van der Waals surface area contributed by atoms with Crippen molar-refractivity contribution in [1.82, 2.24) is 0 Å². The van der Waals surface area contributed by atoms with Crippen molar-refractivity contribution in [1.29, 1.82) is 5.26 Å². The van der Waals surface area contributed by atoms with Gasteiger partial charge in [0.1, 0.15) is 0 Å². The molecule has 0 radical (unpaired) electrons. The van der Waals surface area contributed by atoms with Crippen LogP contribution in [0.1, 0.15) is 11.1 Å². The molecule has 0 aliphatic rings. The van der Waals surface area contributed by atoms with Crippen LogP contribution in [0, 0.1) is 11.3 Å². The third kappa shape index (κ3) is 2.23. The Labute approximate surface area is 96.1 Å². The lowest BCUT2D eigenvalue weighted by molar-refractivity contribution is -0.137. The fourth-order valence-electron chi connectivity index (χ4n) is 1.79. The van der Waals surface area contributed by atoms with E-state index in [-0.39, 0.29) is 6.42 Å². The van der Waals surface area contributed by atoms with Crippen LogP contribution in [0.4, 0.5) is 13.2 Å². The van der Waals surface area contributed by atoms with Gasteiger partial charge < -0.3 is 0 Å². The molecule has 0 spiro atoms. The van der Waals surface area contributed by atoms with Crippen molar-refractivity contribution < 1.29 is 13.2 Å². The van der Waals surface area contributed by atoms with E-state index in [0.29, 0.717) is 16.3 Å². The van der Waals surface area contributed by atoms with Gasteiger partial charge in [0.05, 0.1) is 18.1 Å². The first-order valence-corrected chi connectivity index (χ1v) is 4.98. The Kier molecular flexibility index (Phi) is 2.76. The zero-order chi connectivity index (χ0) is 12.5. The maximum Gasteiger partial charge on any atom is 0.416 e. The molecule has 17 heavy (non-hydrogen) atoms. The van der Waals surface area contributed by atoms with Crippen LogP contribution < -0.4 is 0 Å². The van der Waals surface area contributed by atoms with E-state index in [0.717, 1.165) is 12.1 Å². The first kappa shape index (κ1) is 11.5. The minimum atomic E-state index is -4.38. The molecule has 0 saturated carbocycles. The van der Waals surface area contributed by atoms with E-state index in [1.165, 1.54) is 0 Å². The Morgan fingerprint density at radius 1 is 1.12 bits per heavy atom. The van der Waals surface area contributed by atoms with Crippen molar-refractivity contribution >= 4 is 10.8 Å². The topological polar surface area (TPSA) is 23.8 Å². The lowest BCUT2D eigenvalue weighted by Crippen LogP contribution is -2.05. The summed E-state index contributed by atoms with van der Waals surface area (Å²) in [5.41, 5.74) is -0.292. The van der Waals surface area contributed by atoms with Gasteiger partial charge in [0, 0.05) is 0 Å². The highest BCUT2D eigenvalue weighted by Gasteiger charge is 2.31. The van der Waals surface area contributed by atoms with E-state index >= 15 is 0 Å². The second-order valence-corrected chi connectivity index (χ2v) is 3.69. The SMILES string of the molecule is N#CCc1cc(C(F)(F)F)cc2ccccc12. The maximum absolute atomic E-state index is 12.7. The predicted octanol–water partition coefficient (Wildman–Crippen LogP) is 3.92. The molecule has 0 bridgehead atoms. The highest BCUT2D eigenvalue weighted by molar-refractivity contribution is 5.86. The minimum Gasteiger partial charge on any atom is -0.198 e. The molecule has 2 rings (SSSR count). The quantitative estimate of drug-likeness (QED) is 0.734. The number of hydrogen-bond donors (Lipinski definition) is 0. The van der Waals surface area contributed by atoms with Crippen molar-refractivity contribution in [3.63, 3.8) is 0 Å². The van der Waals surface area contributed by atoms with Gasteiger partial charge in [-0.15, -0.1) is 0 Å². The van der Waals surface area contributed by atoms with Crippen LogP contribution in [0.15, 0.2) is 36.4 Å². The Morgan fingerprint density at radius 2 is 1.82 bits per heavy atom. The van der Waals surface area contributed by atoms with Crippen LogP contribution in [-0.2, 0) is 12.6 Å². The minimum absolute atomic E-state index is 0.0234. The number of benzene rings is 2. The van der Waals surface area contributed by atoms with Gasteiger partial charge in [0.25, 0.3) is 0 Å². The third-order valence-electron chi connectivity index (χ3n) is 2.54. The summed E-state index contributed by atoms with van der Waals surface area (Å²) < 4.78 is 38.0. The molecule has 0 amide bonds. The van der Waals surface area contributed by atoms with Gasteiger partial charge in [-0.2, -0.15) is 18.4 Å². The van der Waals surface area contributed by atoms with Crippen molar-refractivity contribution in [3.05, 3.63) is 47.5 Å². The molecule has 0 unspecified atom stereocenters. The number of halogens is 3. The van der Waals surface area contributed by atoms with E-state index < -0.39 is 11.7 Å². The van der Waals surface area contributed by atoms with Crippen LogP contribution in [0.5, 0.6) is 0 Å². The lowest BCUT2D eigenvalue weighted by atomic mass is 9.99. The fourth-order valence-corrected chi connectivity index (χ4v) is 1.79. The summed E-state index contributed by atoms with van der Waals surface area (Å²) in [4.78, 5) is 0. The average Bonchev–Trinajstić information content (AvgIpc) is 2.28. The van der Waals surface area contributed by atoms with E-state index in [2.05, 4.69) is 0 Å². The molecule has 0 atom stereocenters. The highest BCUT2D eigenvalue weighted by atomic mass is 19.4. The predicted molar refractivity (Wildman–Crippen MR) is 58.3 cm³/mol. The van der Waals surface area contributed by atoms with Gasteiger partial charge in [-0.1, -0.05) is 24.3 Å². The molecule has 4 heteroatoms. The highest BCUT2D eigenvalue weighted by Crippen LogP contribution is 2.33. The second-order valence-electron chi connectivity index (χ2n) is 3.69. The van der Waals surface area contributed by atoms with Crippen LogP contribution in [0.2, 0.25) is 0 Å². The Hall–Kier alpha value is -2.02. The molecule has 0 fully saturated rings. The first-order valence-electron chi connectivity index (χ1n) is 4.98. The molecule has 0 aromatic heterocycles. The summed E-state index contributed by atoms with van der Waals surface area (Å²) in [7, 11) is 0. The average molecular weight is 235 g/mol. The molecule has 0 N–H and O–H groups in total. The largest absolute Gasteiger partial charge is 0.416 e. The first-order chi connectivity index (χ1) is 8.02. The Morgan fingerprint density at radius 3 is 2.47 bits per heavy atom. The molecule has 86 valence electrons. The van der Waals surface area contributed by atoms with Gasteiger partial charge in [-0.05, 0) is 28.5 Å². The van der Waals surface area contributed by atoms with Crippen LogP contribution in [0.3, 0.4) is 0 Å². The summed E-state index contributed by atoms with van der Waals surface area (Å²) in [5.74, 6) is 0. The van der Waals surface area contributed by atoms with Crippen LogP contribution in [0.25, 0.3) is 10.8 Å². The fraction of sp³-hybridized carbons (Fsp3) is 0.154. The van der Waals surface area contributed by atoms with Gasteiger partial charge in [-0.25, -0.2) is 0 Å². The number of alkyl halides is 3. The van der Waals surface area contributed by atoms with E-state index in [4.69, 9.17) is 5.26 Å². The standard InChI is InChI=1S/C13H8F3N/c14-13(15,16)11-7-9-3-1-2-4-12(9)10(8-11)5-6-17/h1-4,7-8H,5H2. The molecule has 0 heterocycles. The van der Waals surface area contributed by atoms with E-state index in [1.54, 1.807) is 24.3 Å². The van der Waals surface area contributed by atoms with Crippen molar-refractivity contribution in [2.75, 3.05) is 0 Å². The van der Waals surface area contributed by atoms with Crippen LogP contribution in [-0.4, -0.2) is 0 Å². The molecular weight excluding hydrogens is 227 g/mol. The summed E-state index contributed by atoms with van der Waals surface area (Å²) >= 11 is 0. The number of rotatable bonds is 1. The van der Waals surface area contributed by atoms with Crippen molar-refractivity contribution in [3.8, 4) is 6.07 Å². The van der Waals surface area contributed by atoms with Gasteiger partial charge >= 0.3 is 6.18 Å². The Bertz CT molecular complexity index is 594. The number of nitrogens with zero attached hydrogens (tertiary/aromatic N) is 1. The third-order valence-corrected chi connectivity index (χ3v) is 2.54. The zero-order valence-corrected chi connectivity index (χ0v) is 8.75. The molecule has 0 aliphatic heterocycles. The molecule has 2 aromatic rings. The monoisotopic (exact) mass is 235 g/mol. The lowest BCUT2D eigenvalue weighted by Gasteiger charge is -2.10. The maximum atomic E-state index is 12.7. The normalized spacial score (nSPS) is 11.4. The molecule has 0 aliphatic carbocycles. The van der Waals surface area contributed by atoms with Crippen molar-refractivity contribution in [2.45, 2.75) is 12.6 Å². The van der Waals surface area contributed by atoms with Gasteiger partial charge in [-0.3, -0.25) is 0 Å². The zero-order valence-electron chi connectivity index (χ0n) is 8.75. The van der Waals surface area contributed by atoms with E-state index in [9.17, 15) is 13.2 Å². The number of fused-ring (bicyclic) bond motifs is 1. The summed E-state index contributed by atoms with van der Waals surface area (Å²) in [6.07, 6.45) is -4.40. The number of hydrogen-bond acceptors (Lipinski definition) is 1. The molecular formula is C13H8F3N. The molecule has 1 nitrogen and oxygen atoms in total. The Balaban J connectivity index is 2.72. The summed E-state index contributed by atoms with van der Waals surface area (Å²) in [5, 5.41) is 9.84. The van der Waals surface area contributed by atoms with Gasteiger partial charge in [0.2, 0.25) is 0 Å². The van der Waals surface area contributed by atoms with Gasteiger partial charge in [0.15, 0.2) is 0 Å². The van der Waals surface area contributed by atoms with E-state index in [1.807, 2.05) is 6.07 Å². The number of nitriles is 1. The van der Waals surface area contributed by atoms with Crippen molar-refractivity contribution in [2.24, 2.45) is 0 Å². The molecule has 0 saturated heterocycles.